The Morgan fingerprint density at radius 2 is 1.67 bits per heavy atom. The summed E-state index contributed by atoms with van der Waals surface area (Å²) in [5, 5.41) is 0.909. The molecule has 0 aliphatic carbocycles. The second-order valence-corrected chi connectivity index (χ2v) is 5.61. The third-order valence-electron chi connectivity index (χ3n) is 4.19. The fourth-order valence-corrected chi connectivity index (χ4v) is 2.96. The molecule has 7 heteroatoms. The van der Waals surface area contributed by atoms with Gasteiger partial charge in [-0.25, -0.2) is 19.9 Å². The highest BCUT2D eigenvalue weighted by Crippen LogP contribution is 2.25. The van der Waals surface area contributed by atoms with Gasteiger partial charge in [0, 0.05) is 49.5 Å². The van der Waals surface area contributed by atoms with E-state index in [9.17, 15) is 4.79 Å². The van der Waals surface area contributed by atoms with Crippen molar-refractivity contribution >= 4 is 29.0 Å². The van der Waals surface area contributed by atoms with Crippen LogP contribution in [0.1, 0.15) is 10.4 Å². The fourth-order valence-electron chi connectivity index (χ4n) is 2.96. The smallest absolute Gasteiger partial charge is 0.225 e. The van der Waals surface area contributed by atoms with E-state index in [-0.39, 0.29) is 0 Å². The van der Waals surface area contributed by atoms with Gasteiger partial charge in [-0.1, -0.05) is 0 Å². The summed E-state index contributed by atoms with van der Waals surface area (Å²) in [4.78, 5) is 32.8. The molecule has 3 aromatic rings. The zero-order chi connectivity index (χ0) is 16.4. The summed E-state index contributed by atoms with van der Waals surface area (Å²) in [6.07, 6.45) is 5.94. The molecule has 1 aliphatic heterocycles. The summed E-state index contributed by atoms with van der Waals surface area (Å²) in [5.41, 5.74) is 1.48. The largest absolute Gasteiger partial charge is 0.352 e. The van der Waals surface area contributed by atoms with Gasteiger partial charge in [-0.2, -0.15) is 0 Å². The van der Waals surface area contributed by atoms with E-state index in [0.717, 1.165) is 55.1 Å². The molecule has 2 aromatic heterocycles. The molecule has 0 radical (unpaired) electrons. The molecule has 3 heterocycles. The number of benzene rings is 1. The number of anilines is 2. The monoisotopic (exact) mass is 320 g/mol. The van der Waals surface area contributed by atoms with Gasteiger partial charge in [-0.3, -0.25) is 4.79 Å². The average molecular weight is 320 g/mol. The number of carbonyl (C=O) groups is 1. The minimum Gasteiger partial charge on any atom is -0.352 e. The standard InChI is InChI=1S/C17H16N6O/c24-11-13-2-3-15-14(10-13)16(21-12-20-15)22-6-8-23(9-7-22)17-18-4-1-5-19-17/h1-5,10-12H,6-9H2. The van der Waals surface area contributed by atoms with Gasteiger partial charge in [-0.15, -0.1) is 0 Å². The van der Waals surface area contributed by atoms with E-state index in [1.807, 2.05) is 18.2 Å². The fraction of sp³-hybridized carbons (Fsp3) is 0.235. The Kier molecular flexibility index (Phi) is 3.74. The minimum atomic E-state index is 0.634. The normalized spacial score (nSPS) is 14.8. The Morgan fingerprint density at radius 1 is 0.917 bits per heavy atom. The molecule has 1 aliphatic rings. The van der Waals surface area contributed by atoms with Crippen molar-refractivity contribution in [1.82, 2.24) is 19.9 Å². The summed E-state index contributed by atoms with van der Waals surface area (Å²) in [7, 11) is 0. The van der Waals surface area contributed by atoms with Crippen molar-refractivity contribution in [1.29, 1.82) is 0 Å². The zero-order valence-electron chi connectivity index (χ0n) is 13.0. The number of hydrogen-bond donors (Lipinski definition) is 0. The zero-order valence-corrected chi connectivity index (χ0v) is 13.0. The average Bonchev–Trinajstić information content (AvgIpc) is 2.68. The number of aromatic nitrogens is 4. The predicted molar refractivity (Wildman–Crippen MR) is 91.4 cm³/mol. The second-order valence-electron chi connectivity index (χ2n) is 5.61. The van der Waals surface area contributed by atoms with E-state index in [4.69, 9.17) is 0 Å². The maximum Gasteiger partial charge on any atom is 0.225 e. The molecule has 1 saturated heterocycles. The number of hydrogen-bond acceptors (Lipinski definition) is 7. The number of piperazine rings is 1. The van der Waals surface area contributed by atoms with Crippen LogP contribution in [0.15, 0.2) is 43.0 Å². The minimum absolute atomic E-state index is 0.634. The van der Waals surface area contributed by atoms with Crippen LogP contribution in [0.25, 0.3) is 10.9 Å². The number of nitrogens with zero attached hydrogens (tertiary/aromatic N) is 6. The highest BCUT2D eigenvalue weighted by atomic mass is 16.1. The lowest BCUT2D eigenvalue weighted by Gasteiger charge is -2.35. The predicted octanol–water partition coefficient (Wildman–Crippen LogP) is 1.56. The van der Waals surface area contributed by atoms with Crippen molar-refractivity contribution < 1.29 is 4.79 Å². The van der Waals surface area contributed by atoms with E-state index in [1.54, 1.807) is 24.8 Å². The molecule has 4 rings (SSSR count). The molecule has 0 spiro atoms. The van der Waals surface area contributed by atoms with E-state index in [1.165, 1.54) is 0 Å². The van der Waals surface area contributed by atoms with E-state index >= 15 is 0 Å². The van der Waals surface area contributed by atoms with Crippen LogP contribution in [-0.2, 0) is 0 Å². The molecule has 0 saturated carbocycles. The number of aldehydes is 1. The molecule has 120 valence electrons. The maximum absolute atomic E-state index is 11.1. The van der Waals surface area contributed by atoms with Crippen molar-refractivity contribution in [3.05, 3.63) is 48.5 Å². The number of carbonyl (C=O) groups excluding carboxylic acids is 1. The van der Waals surface area contributed by atoms with Crippen molar-refractivity contribution in [2.24, 2.45) is 0 Å². The quantitative estimate of drug-likeness (QED) is 0.678. The molecule has 0 unspecified atom stereocenters. The first-order valence-corrected chi connectivity index (χ1v) is 7.82. The molecule has 0 atom stereocenters. The SMILES string of the molecule is O=Cc1ccc2ncnc(N3CCN(c4ncccn4)CC3)c2c1. The Bertz CT molecular complexity index is 861. The summed E-state index contributed by atoms with van der Waals surface area (Å²) in [6.45, 7) is 3.27. The lowest BCUT2D eigenvalue weighted by atomic mass is 10.1. The van der Waals surface area contributed by atoms with Crippen LogP contribution in [0.2, 0.25) is 0 Å². The highest BCUT2D eigenvalue weighted by Gasteiger charge is 2.21. The summed E-state index contributed by atoms with van der Waals surface area (Å²) < 4.78 is 0. The van der Waals surface area contributed by atoms with E-state index in [0.29, 0.717) is 5.56 Å². The summed E-state index contributed by atoms with van der Waals surface area (Å²) in [5.74, 6) is 1.63. The Morgan fingerprint density at radius 3 is 2.42 bits per heavy atom. The number of fused-ring (bicyclic) bond motifs is 1. The van der Waals surface area contributed by atoms with E-state index < -0.39 is 0 Å². The van der Waals surface area contributed by atoms with Crippen molar-refractivity contribution in [2.75, 3.05) is 36.0 Å². The molecule has 1 aromatic carbocycles. The van der Waals surface area contributed by atoms with Crippen LogP contribution in [0.5, 0.6) is 0 Å². The Hall–Kier alpha value is -3.09. The van der Waals surface area contributed by atoms with Gasteiger partial charge in [0.1, 0.15) is 18.4 Å². The third kappa shape index (κ3) is 2.64. The van der Waals surface area contributed by atoms with Crippen molar-refractivity contribution in [3.63, 3.8) is 0 Å². The van der Waals surface area contributed by atoms with E-state index in [2.05, 4.69) is 29.7 Å². The lowest BCUT2D eigenvalue weighted by molar-refractivity contribution is 0.112. The van der Waals surface area contributed by atoms with Gasteiger partial charge in [0.25, 0.3) is 0 Å². The maximum atomic E-state index is 11.1. The van der Waals surface area contributed by atoms with Crippen LogP contribution in [0.3, 0.4) is 0 Å². The molecule has 7 nitrogen and oxygen atoms in total. The van der Waals surface area contributed by atoms with Gasteiger partial charge in [0.05, 0.1) is 5.52 Å². The molecule has 0 amide bonds. The van der Waals surface area contributed by atoms with Crippen LogP contribution in [0.4, 0.5) is 11.8 Å². The summed E-state index contributed by atoms with van der Waals surface area (Å²) >= 11 is 0. The Labute approximate surface area is 139 Å². The van der Waals surface area contributed by atoms with Gasteiger partial charge in [0.15, 0.2) is 0 Å². The molecule has 24 heavy (non-hydrogen) atoms. The summed E-state index contributed by atoms with van der Waals surface area (Å²) in [6, 6.07) is 7.30. The molecular formula is C17H16N6O. The van der Waals surface area contributed by atoms with Crippen LogP contribution >= 0.6 is 0 Å². The van der Waals surface area contributed by atoms with Crippen LogP contribution in [0, 0.1) is 0 Å². The molecule has 0 N–H and O–H groups in total. The Balaban J connectivity index is 1.59. The van der Waals surface area contributed by atoms with Crippen LogP contribution in [-0.4, -0.2) is 52.4 Å². The van der Waals surface area contributed by atoms with Gasteiger partial charge < -0.3 is 9.80 Å². The van der Waals surface area contributed by atoms with Crippen LogP contribution < -0.4 is 9.80 Å². The number of rotatable bonds is 3. The lowest BCUT2D eigenvalue weighted by Crippen LogP contribution is -2.47. The van der Waals surface area contributed by atoms with Crippen molar-refractivity contribution in [2.45, 2.75) is 0 Å². The highest BCUT2D eigenvalue weighted by molar-refractivity contribution is 5.93. The first-order chi connectivity index (χ1) is 11.8. The molecular weight excluding hydrogens is 304 g/mol. The first kappa shape index (κ1) is 14.5. The molecule has 0 bridgehead atoms. The first-order valence-electron chi connectivity index (χ1n) is 7.82. The van der Waals surface area contributed by atoms with Gasteiger partial charge in [-0.05, 0) is 24.3 Å². The third-order valence-corrected chi connectivity index (χ3v) is 4.19. The molecule has 1 fully saturated rings. The second kappa shape index (κ2) is 6.19. The van der Waals surface area contributed by atoms with Crippen molar-refractivity contribution in [3.8, 4) is 0 Å². The van der Waals surface area contributed by atoms with Gasteiger partial charge in [0.2, 0.25) is 5.95 Å². The topological polar surface area (TPSA) is 75.1 Å². The van der Waals surface area contributed by atoms with Gasteiger partial charge >= 0.3 is 0 Å².